The molecule has 2 aromatic rings. The average Bonchev–Trinajstić information content (AvgIpc) is 3.42. The molecule has 156 valence electrons. The van der Waals surface area contributed by atoms with Crippen LogP contribution in [0.4, 0.5) is 0 Å². The third kappa shape index (κ3) is 5.21. The summed E-state index contributed by atoms with van der Waals surface area (Å²) < 4.78 is 35.0. The van der Waals surface area contributed by atoms with Crippen LogP contribution in [0.15, 0.2) is 29.8 Å². The highest BCUT2D eigenvalue weighted by Gasteiger charge is 2.26. The summed E-state index contributed by atoms with van der Waals surface area (Å²) in [5.74, 6) is 0.117. The second kappa shape index (κ2) is 9.67. The predicted molar refractivity (Wildman–Crippen MR) is 107 cm³/mol. The van der Waals surface area contributed by atoms with E-state index < -0.39 is 9.84 Å². The Labute approximate surface area is 167 Å². The quantitative estimate of drug-likeness (QED) is 0.564. The molecule has 1 atom stereocenters. The van der Waals surface area contributed by atoms with Crippen LogP contribution in [0.1, 0.15) is 38.8 Å². The van der Waals surface area contributed by atoms with E-state index >= 15 is 0 Å². The third-order valence-electron chi connectivity index (χ3n) is 5.10. The molecule has 3 rings (SSSR count). The molecule has 3 heterocycles. The van der Waals surface area contributed by atoms with Gasteiger partial charge in [0.1, 0.15) is 0 Å². The minimum atomic E-state index is -3.39. The van der Waals surface area contributed by atoms with E-state index in [1.807, 2.05) is 28.4 Å². The Morgan fingerprint density at radius 2 is 2.21 bits per heavy atom. The summed E-state index contributed by atoms with van der Waals surface area (Å²) >= 11 is 0. The summed E-state index contributed by atoms with van der Waals surface area (Å²) in [6.07, 6.45) is 8.06. The van der Waals surface area contributed by atoms with Crippen LogP contribution in [0.5, 0.6) is 0 Å². The van der Waals surface area contributed by atoms with Crippen LogP contribution in [0.3, 0.4) is 0 Å². The summed E-state index contributed by atoms with van der Waals surface area (Å²) in [6.45, 7) is 8.42. The fourth-order valence-corrected chi connectivity index (χ4v) is 5.03. The Hall–Kier alpha value is -1.71. The molecule has 0 N–H and O–H groups in total. The van der Waals surface area contributed by atoms with Crippen LogP contribution >= 0.6 is 0 Å². The van der Waals surface area contributed by atoms with Crippen molar-refractivity contribution in [3.8, 4) is 0 Å². The van der Waals surface area contributed by atoms with E-state index in [-0.39, 0.29) is 17.0 Å². The Bertz CT molecular complexity index is 826. The summed E-state index contributed by atoms with van der Waals surface area (Å²) in [5, 5.41) is 4.43. The van der Waals surface area contributed by atoms with Crippen molar-refractivity contribution in [2.75, 3.05) is 25.4 Å². The number of imidazole rings is 1. The van der Waals surface area contributed by atoms with E-state index in [0.717, 1.165) is 44.8 Å². The van der Waals surface area contributed by atoms with Crippen LogP contribution in [-0.2, 0) is 34.2 Å². The SMILES string of the molecule is CCCS(=O)(=O)c1ncc(CN(CC)CCn2cccn2)n1CC1CCCO1. The molecule has 0 aromatic carbocycles. The minimum Gasteiger partial charge on any atom is -0.376 e. The molecule has 1 aliphatic rings. The maximum Gasteiger partial charge on any atom is 0.227 e. The van der Waals surface area contributed by atoms with Gasteiger partial charge in [-0.15, -0.1) is 0 Å². The monoisotopic (exact) mass is 409 g/mol. The molecule has 8 nitrogen and oxygen atoms in total. The average molecular weight is 410 g/mol. The number of ether oxygens (including phenoxy) is 1. The molecule has 1 aliphatic heterocycles. The number of nitrogens with zero attached hydrogens (tertiary/aromatic N) is 5. The fraction of sp³-hybridized carbons (Fsp3) is 0.684. The van der Waals surface area contributed by atoms with E-state index in [1.165, 1.54) is 0 Å². The van der Waals surface area contributed by atoms with E-state index in [2.05, 4.69) is 21.9 Å². The van der Waals surface area contributed by atoms with Crippen molar-refractivity contribution in [2.24, 2.45) is 0 Å². The summed E-state index contributed by atoms with van der Waals surface area (Å²) in [7, 11) is -3.39. The molecule has 28 heavy (non-hydrogen) atoms. The van der Waals surface area contributed by atoms with Crippen molar-refractivity contribution >= 4 is 9.84 Å². The van der Waals surface area contributed by atoms with Crippen LogP contribution in [0, 0.1) is 0 Å². The van der Waals surface area contributed by atoms with E-state index in [9.17, 15) is 8.42 Å². The first kappa shape index (κ1) is 21.0. The van der Waals surface area contributed by atoms with E-state index in [4.69, 9.17) is 4.74 Å². The van der Waals surface area contributed by atoms with Gasteiger partial charge in [0.15, 0.2) is 0 Å². The lowest BCUT2D eigenvalue weighted by atomic mass is 10.2. The van der Waals surface area contributed by atoms with Gasteiger partial charge in [-0.25, -0.2) is 13.4 Å². The number of hydrogen-bond donors (Lipinski definition) is 0. The van der Waals surface area contributed by atoms with Crippen LogP contribution in [0.25, 0.3) is 0 Å². The molecule has 1 fully saturated rings. The zero-order valence-electron chi connectivity index (χ0n) is 16.8. The van der Waals surface area contributed by atoms with Crippen molar-refractivity contribution in [1.29, 1.82) is 0 Å². The lowest BCUT2D eigenvalue weighted by Crippen LogP contribution is -2.29. The lowest BCUT2D eigenvalue weighted by Gasteiger charge is -2.22. The molecule has 0 spiro atoms. The number of rotatable bonds is 11. The Morgan fingerprint density at radius 1 is 1.36 bits per heavy atom. The molecular weight excluding hydrogens is 378 g/mol. The number of likely N-dealkylation sites (N-methyl/N-ethyl adjacent to an activating group) is 1. The molecule has 0 radical (unpaired) electrons. The van der Waals surface area contributed by atoms with Gasteiger partial charge in [-0.3, -0.25) is 9.58 Å². The van der Waals surface area contributed by atoms with Gasteiger partial charge in [-0.1, -0.05) is 13.8 Å². The standard InChI is InChI=1S/C19H31N5O3S/c1-3-13-28(25,26)19-20-14-17(24(19)16-18-7-5-12-27-18)15-22(4-2)10-11-23-9-6-8-21-23/h6,8-9,14,18H,3-5,7,10-13,15-16H2,1-2H3. The zero-order valence-corrected chi connectivity index (χ0v) is 17.6. The van der Waals surface area contributed by atoms with Gasteiger partial charge in [0.25, 0.3) is 0 Å². The van der Waals surface area contributed by atoms with Crippen molar-refractivity contribution in [2.45, 2.75) is 64.0 Å². The van der Waals surface area contributed by atoms with Gasteiger partial charge >= 0.3 is 0 Å². The molecule has 2 aromatic heterocycles. The number of hydrogen-bond acceptors (Lipinski definition) is 6. The minimum absolute atomic E-state index is 0.0580. The second-order valence-electron chi connectivity index (χ2n) is 7.23. The fourth-order valence-electron chi connectivity index (χ4n) is 3.57. The van der Waals surface area contributed by atoms with Crippen LogP contribution in [0.2, 0.25) is 0 Å². The van der Waals surface area contributed by atoms with Crippen LogP contribution in [-0.4, -0.2) is 64.2 Å². The largest absolute Gasteiger partial charge is 0.376 e. The maximum atomic E-state index is 12.7. The molecule has 0 amide bonds. The highest BCUT2D eigenvalue weighted by Crippen LogP contribution is 2.21. The molecule has 0 aliphatic carbocycles. The molecular formula is C19H31N5O3S. The second-order valence-corrected chi connectivity index (χ2v) is 9.24. The van der Waals surface area contributed by atoms with E-state index in [1.54, 1.807) is 12.4 Å². The normalized spacial score (nSPS) is 17.6. The topological polar surface area (TPSA) is 82.3 Å². The molecule has 9 heteroatoms. The summed E-state index contributed by atoms with van der Waals surface area (Å²) in [6, 6.07) is 1.91. The van der Waals surface area contributed by atoms with Gasteiger partial charge in [0.2, 0.25) is 15.0 Å². The first-order chi connectivity index (χ1) is 13.5. The predicted octanol–water partition coefficient (Wildman–Crippen LogP) is 1.96. The first-order valence-electron chi connectivity index (χ1n) is 10.1. The van der Waals surface area contributed by atoms with Gasteiger partial charge in [-0.05, 0) is 31.9 Å². The number of sulfone groups is 1. The van der Waals surface area contributed by atoms with Crippen molar-refractivity contribution in [1.82, 2.24) is 24.2 Å². The number of aromatic nitrogens is 4. The Kier molecular flexibility index (Phi) is 7.25. The van der Waals surface area contributed by atoms with Crippen LogP contribution < -0.4 is 0 Å². The van der Waals surface area contributed by atoms with Gasteiger partial charge in [-0.2, -0.15) is 5.10 Å². The smallest absolute Gasteiger partial charge is 0.227 e. The van der Waals surface area contributed by atoms with Crippen molar-refractivity contribution < 1.29 is 13.2 Å². The van der Waals surface area contributed by atoms with Gasteiger partial charge < -0.3 is 9.30 Å². The summed E-state index contributed by atoms with van der Waals surface area (Å²) in [4.78, 5) is 6.60. The Morgan fingerprint density at radius 3 is 2.86 bits per heavy atom. The highest BCUT2D eigenvalue weighted by atomic mass is 32.2. The molecule has 1 saturated heterocycles. The van der Waals surface area contributed by atoms with E-state index in [0.29, 0.717) is 19.5 Å². The van der Waals surface area contributed by atoms with Crippen molar-refractivity contribution in [3.05, 3.63) is 30.4 Å². The Balaban J connectivity index is 1.78. The molecule has 0 bridgehead atoms. The zero-order chi connectivity index (χ0) is 20.0. The lowest BCUT2D eigenvalue weighted by molar-refractivity contribution is 0.0932. The highest BCUT2D eigenvalue weighted by molar-refractivity contribution is 7.91. The maximum absolute atomic E-state index is 12.7. The first-order valence-corrected chi connectivity index (χ1v) is 11.8. The summed E-state index contributed by atoms with van der Waals surface area (Å²) in [5.41, 5.74) is 0.924. The molecule has 0 saturated carbocycles. The third-order valence-corrected chi connectivity index (χ3v) is 6.93. The van der Waals surface area contributed by atoms with Crippen molar-refractivity contribution in [3.63, 3.8) is 0 Å². The van der Waals surface area contributed by atoms with Gasteiger partial charge in [0, 0.05) is 32.1 Å². The van der Waals surface area contributed by atoms with Gasteiger partial charge in [0.05, 0.1) is 36.8 Å². The molecule has 1 unspecified atom stereocenters.